The maximum absolute atomic E-state index is 13.3. The molecule has 2 aliphatic heterocycles. The summed E-state index contributed by atoms with van der Waals surface area (Å²) >= 11 is 0. The maximum atomic E-state index is 13.3. The molecule has 210 valence electrons. The van der Waals surface area contributed by atoms with Crippen LogP contribution in [0.2, 0.25) is 0 Å². The predicted octanol–water partition coefficient (Wildman–Crippen LogP) is 3.78. The molecule has 13 heteroatoms. The lowest BCUT2D eigenvalue weighted by atomic mass is 10.1. The number of anilines is 3. The number of ether oxygens (including phenoxy) is 2. The first kappa shape index (κ1) is 27.3. The van der Waals surface area contributed by atoms with E-state index in [1.165, 1.54) is 18.2 Å². The average Bonchev–Trinajstić information content (AvgIpc) is 2.89. The number of hydrogen-bond donors (Lipinski definition) is 2. The summed E-state index contributed by atoms with van der Waals surface area (Å²) in [5, 5.41) is 5.03. The van der Waals surface area contributed by atoms with Crippen molar-refractivity contribution >= 4 is 29.1 Å². The highest BCUT2D eigenvalue weighted by Gasteiger charge is 2.35. The second kappa shape index (κ2) is 11.9. The van der Waals surface area contributed by atoms with Crippen molar-refractivity contribution in [2.24, 2.45) is 0 Å². The van der Waals surface area contributed by atoms with Crippen LogP contribution in [-0.4, -0.2) is 79.0 Å². The zero-order valence-electron chi connectivity index (χ0n) is 21.4. The molecule has 2 fully saturated rings. The predicted molar refractivity (Wildman–Crippen MR) is 141 cm³/mol. The smallest absolute Gasteiger partial charge is 0.403 e. The first-order chi connectivity index (χ1) is 19.2. The third-order valence-electron chi connectivity index (χ3n) is 6.48. The van der Waals surface area contributed by atoms with Crippen LogP contribution in [0.25, 0.3) is 11.1 Å². The Kier molecular flexibility index (Phi) is 8.12. The highest BCUT2D eigenvalue weighted by atomic mass is 19.4. The lowest BCUT2D eigenvalue weighted by molar-refractivity contribution is -0.274. The van der Waals surface area contributed by atoms with Crippen molar-refractivity contribution in [3.63, 3.8) is 0 Å². The molecule has 1 aromatic heterocycles. The third kappa shape index (κ3) is 6.85. The van der Waals surface area contributed by atoms with Gasteiger partial charge in [0.15, 0.2) is 5.75 Å². The van der Waals surface area contributed by atoms with Crippen molar-refractivity contribution in [2.45, 2.75) is 12.8 Å². The Morgan fingerprint density at radius 1 is 0.925 bits per heavy atom. The number of aromatic nitrogens is 2. The molecule has 0 bridgehead atoms. The second-order valence-corrected chi connectivity index (χ2v) is 9.31. The molecule has 2 saturated heterocycles. The third-order valence-corrected chi connectivity index (χ3v) is 6.48. The van der Waals surface area contributed by atoms with Gasteiger partial charge < -0.3 is 25.0 Å². The first-order valence-electron chi connectivity index (χ1n) is 12.7. The van der Waals surface area contributed by atoms with E-state index in [1.54, 1.807) is 36.7 Å². The number of halogens is 3. The van der Waals surface area contributed by atoms with Crippen molar-refractivity contribution in [2.75, 3.05) is 61.5 Å². The van der Waals surface area contributed by atoms with Gasteiger partial charge in [-0.25, -0.2) is 9.97 Å². The normalized spacial score (nSPS) is 15.7. The number of para-hydroxylation sites is 1. The highest BCUT2D eigenvalue weighted by Crippen LogP contribution is 2.35. The summed E-state index contributed by atoms with van der Waals surface area (Å²) in [5.41, 5.74) is 1.29. The van der Waals surface area contributed by atoms with Crippen LogP contribution >= 0.6 is 0 Å². The van der Waals surface area contributed by atoms with Gasteiger partial charge in [0, 0.05) is 49.8 Å². The van der Waals surface area contributed by atoms with Gasteiger partial charge in [-0.1, -0.05) is 18.2 Å². The molecular formula is C27H27F3N6O4. The number of carbonyl (C=O) groups excluding carboxylic acids is 2. The van der Waals surface area contributed by atoms with Crippen LogP contribution in [0.4, 0.5) is 30.5 Å². The lowest BCUT2D eigenvalue weighted by Gasteiger charge is -2.30. The summed E-state index contributed by atoms with van der Waals surface area (Å²) in [6.07, 6.45) is -0.535. The Balaban J connectivity index is 1.29. The number of rotatable bonds is 8. The first-order valence-corrected chi connectivity index (χ1v) is 12.7. The Morgan fingerprint density at radius 2 is 1.62 bits per heavy atom. The van der Waals surface area contributed by atoms with Crippen molar-refractivity contribution in [3.8, 4) is 16.9 Å². The molecule has 2 aliphatic rings. The van der Waals surface area contributed by atoms with Gasteiger partial charge in [-0.05, 0) is 36.2 Å². The van der Waals surface area contributed by atoms with Crippen LogP contribution in [-0.2, 0) is 9.53 Å². The van der Waals surface area contributed by atoms with Crippen LogP contribution in [0.5, 0.6) is 5.75 Å². The molecule has 2 aromatic carbocycles. The minimum Gasteiger partial charge on any atom is -0.403 e. The molecule has 5 rings (SSSR count). The molecule has 0 radical (unpaired) electrons. The van der Waals surface area contributed by atoms with Crippen LogP contribution < -0.4 is 20.3 Å². The summed E-state index contributed by atoms with van der Waals surface area (Å²) < 4.78 is 49.3. The number of morpholine rings is 1. The number of nitrogens with zero attached hydrogens (tertiary/aromatic N) is 4. The molecule has 0 aliphatic carbocycles. The van der Waals surface area contributed by atoms with E-state index in [9.17, 15) is 22.8 Å². The monoisotopic (exact) mass is 556 g/mol. The summed E-state index contributed by atoms with van der Waals surface area (Å²) in [6.45, 7) is 3.81. The Morgan fingerprint density at radius 3 is 2.25 bits per heavy atom. The SMILES string of the molecule is O=C(CN1CCOCC1)Nc1cccc(C(=O)Nc2ccc(-c3cnc(N4CCC4)nc3)cc2)c1OC(F)(F)F. The highest BCUT2D eigenvalue weighted by molar-refractivity contribution is 6.08. The van der Waals surface area contributed by atoms with E-state index in [4.69, 9.17) is 4.74 Å². The van der Waals surface area contributed by atoms with Crippen LogP contribution in [0.3, 0.4) is 0 Å². The van der Waals surface area contributed by atoms with E-state index in [1.807, 2.05) is 4.90 Å². The molecule has 0 atom stereocenters. The molecule has 0 unspecified atom stereocenters. The topological polar surface area (TPSA) is 109 Å². The molecular weight excluding hydrogens is 529 g/mol. The summed E-state index contributed by atoms with van der Waals surface area (Å²) in [5.74, 6) is -1.49. The summed E-state index contributed by atoms with van der Waals surface area (Å²) in [7, 11) is 0. The summed E-state index contributed by atoms with van der Waals surface area (Å²) in [4.78, 5) is 38.3. The fourth-order valence-corrected chi connectivity index (χ4v) is 4.29. The molecule has 0 spiro atoms. The van der Waals surface area contributed by atoms with Gasteiger partial charge in [0.05, 0.1) is 31.0 Å². The largest absolute Gasteiger partial charge is 0.573 e. The lowest BCUT2D eigenvalue weighted by Crippen LogP contribution is -2.41. The van der Waals surface area contributed by atoms with E-state index in [2.05, 4.69) is 30.2 Å². The van der Waals surface area contributed by atoms with Crippen LogP contribution in [0, 0.1) is 0 Å². The molecule has 2 N–H and O–H groups in total. The standard InChI is InChI=1S/C27H27F3N6O4/c28-27(29,30)40-24-21(3-1-4-22(24)34-23(37)17-35-11-13-39-14-12-35)25(38)33-20-7-5-18(6-8-20)19-15-31-26(32-16-19)36-9-2-10-36/h1,3-8,15-16H,2,9-14,17H2,(H,33,38)(H,34,37). The fourth-order valence-electron chi connectivity index (χ4n) is 4.29. The zero-order valence-corrected chi connectivity index (χ0v) is 21.4. The quantitative estimate of drug-likeness (QED) is 0.432. The maximum Gasteiger partial charge on any atom is 0.573 e. The Labute approximate surface area is 228 Å². The number of nitrogens with one attached hydrogen (secondary N) is 2. The zero-order chi connectivity index (χ0) is 28.1. The minimum atomic E-state index is -5.09. The van der Waals surface area contributed by atoms with E-state index in [-0.39, 0.29) is 17.8 Å². The van der Waals surface area contributed by atoms with E-state index in [0.29, 0.717) is 37.9 Å². The Bertz CT molecular complexity index is 1340. The van der Waals surface area contributed by atoms with Crippen molar-refractivity contribution in [1.82, 2.24) is 14.9 Å². The number of benzene rings is 2. The van der Waals surface area contributed by atoms with Crippen LogP contribution in [0.1, 0.15) is 16.8 Å². The number of carbonyl (C=O) groups is 2. The second-order valence-electron chi connectivity index (χ2n) is 9.31. The van der Waals surface area contributed by atoms with Gasteiger partial charge in [0.25, 0.3) is 5.91 Å². The van der Waals surface area contributed by atoms with Gasteiger partial charge in [0.2, 0.25) is 11.9 Å². The molecule has 3 aromatic rings. The van der Waals surface area contributed by atoms with Crippen molar-refractivity contribution in [3.05, 3.63) is 60.4 Å². The summed E-state index contributed by atoms with van der Waals surface area (Å²) in [6, 6.07) is 10.5. The fraction of sp³-hybridized carbons (Fsp3) is 0.333. The number of alkyl halides is 3. The Hall–Kier alpha value is -4.23. The van der Waals surface area contributed by atoms with Crippen molar-refractivity contribution in [1.29, 1.82) is 0 Å². The molecule has 40 heavy (non-hydrogen) atoms. The van der Waals surface area contributed by atoms with E-state index in [0.717, 1.165) is 30.6 Å². The van der Waals surface area contributed by atoms with Gasteiger partial charge in [-0.15, -0.1) is 13.2 Å². The van der Waals surface area contributed by atoms with Gasteiger partial charge in [-0.3, -0.25) is 14.5 Å². The number of amides is 2. The van der Waals surface area contributed by atoms with Crippen LogP contribution in [0.15, 0.2) is 54.9 Å². The molecule has 0 saturated carbocycles. The molecule has 2 amide bonds. The average molecular weight is 557 g/mol. The van der Waals surface area contributed by atoms with E-state index < -0.39 is 23.9 Å². The van der Waals surface area contributed by atoms with Gasteiger partial charge in [0.1, 0.15) is 0 Å². The van der Waals surface area contributed by atoms with Gasteiger partial charge >= 0.3 is 6.36 Å². The molecule has 3 heterocycles. The number of hydrogen-bond acceptors (Lipinski definition) is 8. The molecule has 10 nitrogen and oxygen atoms in total. The minimum absolute atomic E-state index is 0.0381. The van der Waals surface area contributed by atoms with Gasteiger partial charge in [-0.2, -0.15) is 0 Å². The van der Waals surface area contributed by atoms with E-state index >= 15 is 0 Å². The van der Waals surface area contributed by atoms with Crippen molar-refractivity contribution < 1.29 is 32.2 Å².